The molecule has 9 heteroatoms. The Kier molecular flexibility index (Phi) is 8.50. The van der Waals surface area contributed by atoms with Crippen molar-refractivity contribution in [2.45, 2.75) is 105 Å². The van der Waals surface area contributed by atoms with Gasteiger partial charge in [-0.3, -0.25) is 0 Å². The topological polar surface area (TPSA) is 86.8 Å². The molecule has 3 aliphatic heterocycles. The third kappa shape index (κ3) is 6.50. The van der Waals surface area contributed by atoms with Crippen LogP contribution in [0.4, 0.5) is 5.82 Å². The Labute approximate surface area is 266 Å². The van der Waals surface area contributed by atoms with E-state index in [0.717, 1.165) is 84.1 Å². The first kappa shape index (κ1) is 31.3. The summed E-state index contributed by atoms with van der Waals surface area (Å²) in [5.74, 6) is 0.428. The molecule has 1 saturated heterocycles. The number of hydrogen-bond acceptors (Lipinski definition) is 7. The van der Waals surface area contributed by atoms with Gasteiger partial charge < -0.3 is 14.4 Å². The minimum absolute atomic E-state index is 0.286. The van der Waals surface area contributed by atoms with E-state index in [1.807, 2.05) is 38.3 Å². The minimum Gasteiger partial charge on any atom is -0.467 e. The first-order valence-corrected chi connectivity index (χ1v) is 16.5. The number of benzene rings is 1. The molecule has 45 heavy (non-hydrogen) atoms. The molecule has 6 bridgehead atoms. The average Bonchev–Trinajstić information content (AvgIpc) is 3.59. The van der Waals surface area contributed by atoms with E-state index in [-0.39, 0.29) is 5.41 Å². The highest BCUT2D eigenvalue weighted by molar-refractivity contribution is 5.80. The van der Waals surface area contributed by atoms with Gasteiger partial charge in [0.25, 0.3) is 0 Å². The number of piperidine rings is 1. The Hall–Kier alpha value is -3.72. The van der Waals surface area contributed by atoms with E-state index in [9.17, 15) is 4.79 Å². The largest absolute Gasteiger partial charge is 0.467 e. The molecular weight excluding hydrogens is 564 g/mol. The number of hydrogen-bond donors (Lipinski definition) is 0. The summed E-state index contributed by atoms with van der Waals surface area (Å²) < 4.78 is 15.7. The summed E-state index contributed by atoms with van der Waals surface area (Å²) >= 11 is 0. The normalized spacial score (nSPS) is 17.9. The number of fused-ring (bicyclic) bond motifs is 7. The first-order valence-electron chi connectivity index (χ1n) is 16.5. The summed E-state index contributed by atoms with van der Waals surface area (Å²) in [6.07, 6.45) is 8.33. The smallest absolute Gasteiger partial charge is 0.339 e. The average molecular weight is 613 g/mol. The molecule has 1 atom stereocenters. The van der Waals surface area contributed by atoms with Crippen molar-refractivity contribution in [1.29, 1.82) is 0 Å². The first-order chi connectivity index (χ1) is 21.4. The van der Waals surface area contributed by atoms with E-state index in [4.69, 9.17) is 24.7 Å². The quantitative estimate of drug-likeness (QED) is 0.224. The Morgan fingerprint density at radius 3 is 2.47 bits per heavy atom. The van der Waals surface area contributed by atoms with Gasteiger partial charge in [-0.25, -0.2) is 14.5 Å². The van der Waals surface area contributed by atoms with Gasteiger partial charge in [0.05, 0.1) is 35.3 Å². The van der Waals surface area contributed by atoms with Crippen molar-refractivity contribution < 1.29 is 14.3 Å². The lowest BCUT2D eigenvalue weighted by Gasteiger charge is -2.41. The Morgan fingerprint density at radius 1 is 0.978 bits per heavy atom. The van der Waals surface area contributed by atoms with Crippen LogP contribution in [0.3, 0.4) is 0 Å². The van der Waals surface area contributed by atoms with Gasteiger partial charge in [0, 0.05) is 36.1 Å². The van der Waals surface area contributed by atoms with Gasteiger partial charge in [-0.15, -0.1) is 0 Å². The fourth-order valence-electron chi connectivity index (χ4n) is 7.02. The molecule has 3 aromatic heterocycles. The second kappa shape index (κ2) is 12.2. The number of aryl methyl sites for hydroxylation is 3. The third-order valence-corrected chi connectivity index (χ3v) is 9.48. The Morgan fingerprint density at radius 2 is 1.73 bits per heavy atom. The number of esters is 1. The van der Waals surface area contributed by atoms with Crippen LogP contribution in [0.1, 0.15) is 101 Å². The van der Waals surface area contributed by atoms with Gasteiger partial charge in [-0.2, -0.15) is 14.7 Å². The van der Waals surface area contributed by atoms with Crippen molar-refractivity contribution in [2.75, 3.05) is 25.1 Å². The van der Waals surface area contributed by atoms with Crippen molar-refractivity contribution in [1.82, 2.24) is 24.4 Å². The van der Waals surface area contributed by atoms with Crippen molar-refractivity contribution in [3.05, 3.63) is 59.0 Å². The fourth-order valence-corrected chi connectivity index (χ4v) is 7.02. The monoisotopic (exact) mass is 612 g/mol. The number of aromatic nitrogens is 5. The second-order valence-electron chi connectivity index (χ2n) is 14.3. The molecule has 9 nitrogen and oxygen atoms in total. The summed E-state index contributed by atoms with van der Waals surface area (Å²) in [5, 5.41) is 10.1. The number of ether oxygens (including phenoxy) is 2. The maximum absolute atomic E-state index is 13.4. The van der Waals surface area contributed by atoms with Crippen molar-refractivity contribution in [2.24, 2.45) is 5.41 Å². The van der Waals surface area contributed by atoms with Gasteiger partial charge >= 0.3 is 5.97 Å². The van der Waals surface area contributed by atoms with E-state index >= 15 is 0 Å². The van der Waals surface area contributed by atoms with Crippen molar-refractivity contribution in [3.63, 3.8) is 0 Å². The number of anilines is 1. The number of methoxy groups -OCH3 is 1. The Balaban J connectivity index is 1.54. The highest BCUT2D eigenvalue weighted by Crippen LogP contribution is 2.41. The van der Waals surface area contributed by atoms with Gasteiger partial charge in [0.1, 0.15) is 5.82 Å². The number of rotatable bonds is 3. The van der Waals surface area contributed by atoms with E-state index in [0.29, 0.717) is 0 Å². The highest BCUT2D eigenvalue weighted by Gasteiger charge is 2.38. The lowest BCUT2D eigenvalue weighted by molar-refractivity contribution is -0.164. The van der Waals surface area contributed by atoms with Gasteiger partial charge in [0.2, 0.25) is 0 Å². The van der Waals surface area contributed by atoms with Gasteiger partial charge in [-0.1, -0.05) is 38.3 Å². The molecule has 0 amide bonds. The molecule has 1 aromatic carbocycles. The standard InChI is InChI=1S/C36H48N6O3/c1-24-21-27-14-10-8-9-11-16-36(6)17-19-40(20-18-36)33-31(32(34(43)44-7)45-35(3,4)5)25(2)37-30-23-29(39-42(30)33)26-13-12-15-28(22-26)41(27)38-24/h12-13,15,21-23,32H,8-11,14,16-20H2,1-7H3/t32-/m0/s1. The summed E-state index contributed by atoms with van der Waals surface area (Å²) in [4.78, 5) is 20.8. The summed E-state index contributed by atoms with van der Waals surface area (Å²) in [6.45, 7) is 14.1. The van der Waals surface area contributed by atoms with E-state index in [1.54, 1.807) is 0 Å². The number of carbonyl (C=O) groups is 1. The van der Waals surface area contributed by atoms with E-state index in [1.165, 1.54) is 38.5 Å². The predicted molar refractivity (Wildman–Crippen MR) is 177 cm³/mol. The lowest BCUT2D eigenvalue weighted by atomic mass is 9.76. The minimum atomic E-state index is -0.936. The number of nitrogens with zero attached hydrogens (tertiary/aromatic N) is 6. The molecule has 6 heterocycles. The van der Waals surface area contributed by atoms with E-state index in [2.05, 4.69) is 53.8 Å². The van der Waals surface area contributed by atoms with Gasteiger partial charge in [0.15, 0.2) is 11.8 Å². The van der Waals surface area contributed by atoms with Crippen LogP contribution in [-0.2, 0) is 20.7 Å². The second-order valence-corrected chi connectivity index (χ2v) is 14.3. The van der Waals surface area contributed by atoms with E-state index < -0.39 is 17.7 Å². The maximum Gasteiger partial charge on any atom is 0.339 e. The molecule has 240 valence electrons. The maximum atomic E-state index is 13.4. The lowest BCUT2D eigenvalue weighted by Crippen LogP contribution is -2.41. The van der Waals surface area contributed by atoms with Crippen LogP contribution in [0.2, 0.25) is 0 Å². The molecule has 7 rings (SSSR count). The molecule has 3 aliphatic rings. The molecule has 1 fully saturated rings. The zero-order chi connectivity index (χ0) is 31.9. The van der Waals surface area contributed by atoms with Crippen LogP contribution in [0, 0.1) is 19.3 Å². The zero-order valence-corrected chi connectivity index (χ0v) is 28.0. The zero-order valence-electron chi connectivity index (χ0n) is 28.0. The Bertz CT molecular complexity index is 1690. The highest BCUT2D eigenvalue weighted by atomic mass is 16.6. The van der Waals surface area contributed by atoms with Crippen LogP contribution < -0.4 is 4.90 Å². The predicted octanol–water partition coefficient (Wildman–Crippen LogP) is 7.34. The SMILES string of the molecule is COC(=O)[C@@H](OC(C)(C)C)c1c(C)nc2cc3nn2c1N1CCC(C)(CCCCCCc2cc(C)nn2-c2cccc-3c2)CC1. The molecule has 4 aromatic rings. The third-order valence-electron chi connectivity index (χ3n) is 9.48. The van der Waals surface area contributed by atoms with Crippen LogP contribution in [0.25, 0.3) is 22.6 Å². The van der Waals surface area contributed by atoms with Gasteiger partial charge in [-0.05, 0) is 90.3 Å². The summed E-state index contributed by atoms with van der Waals surface area (Å²) in [7, 11) is 1.41. The molecule has 0 saturated carbocycles. The van der Waals surface area contributed by atoms with Crippen LogP contribution in [-0.4, -0.2) is 56.1 Å². The molecule has 0 N–H and O–H groups in total. The van der Waals surface area contributed by atoms with Crippen LogP contribution in [0.15, 0.2) is 36.4 Å². The summed E-state index contributed by atoms with van der Waals surface area (Å²) in [5.41, 5.74) is 7.00. The number of carbonyl (C=O) groups excluding carboxylic acids is 1. The molecule has 0 unspecified atom stereocenters. The molecule has 0 aliphatic carbocycles. The van der Waals surface area contributed by atoms with Crippen LogP contribution in [0.5, 0.6) is 0 Å². The molecule has 0 radical (unpaired) electrons. The summed E-state index contributed by atoms with van der Waals surface area (Å²) in [6, 6.07) is 12.7. The van der Waals surface area contributed by atoms with Crippen molar-refractivity contribution >= 4 is 17.4 Å². The molecule has 0 spiro atoms. The fraction of sp³-hybridized carbons (Fsp3) is 0.556. The van der Waals surface area contributed by atoms with Crippen molar-refractivity contribution in [3.8, 4) is 16.9 Å². The molecular formula is C36H48N6O3. The van der Waals surface area contributed by atoms with Crippen LogP contribution >= 0.6 is 0 Å².